The number of likely N-dealkylation sites (N-methyl/N-ethyl adjacent to an activating group) is 1. The van der Waals surface area contributed by atoms with Crippen molar-refractivity contribution in [1.82, 2.24) is 4.90 Å². The number of carbonyl (C=O) groups excluding carboxylic acids is 3. The van der Waals surface area contributed by atoms with Crippen LogP contribution in [-0.2, 0) is 20.9 Å². The zero-order chi connectivity index (χ0) is 20.0. The number of hydrogen-bond donors (Lipinski definition) is 1. The number of halogens is 1. The van der Waals surface area contributed by atoms with E-state index in [9.17, 15) is 18.8 Å². The summed E-state index contributed by atoms with van der Waals surface area (Å²) in [7, 11) is 1.55. The fraction of sp³-hybridized carbons (Fsp3) is 0.250. The second kappa shape index (κ2) is 8.93. The van der Waals surface area contributed by atoms with E-state index in [1.807, 2.05) is 0 Å². The molecular formula is C20H21FN2O4. The molecule has 0 bridgehead atoms. The molecule has 0 unspecified atom stereocenters. The first-order valence-electron chi connectivity index (χ1n) is 8.34. The van der Waals surface area contributed by atoms with E-state index < -0.39 is 18.0 Å². The number of anilines is 1. The summed E-state index contributed by atoms with van der Waals surface area (Å²) in [4.78, 5) is 37.1. The van der Waals surface area contributed by atoms with Crippen molar-refractivity contribution >= 4 is 23.5 Å². The average Bonchev–Trinajstić information content (AvgIpc) is 2.60. The summed E-state index contributed by atoms with van der Waals surface area (Å²) in [6.07, 6.45) is -1.01. The molecule has 2 rings (SSSR count). The second-order valence-electron chi connectivity index (χ2n) is 6.13. The first-order chi connectivity index (χ1) is 12.8. The predicted molar refractivity (Wildman–Crippen MR) is 98.5 cm³/mol. The van der Waals surface area contributed by atoms with E-state index in [4.69, 9.17) is 4.74 Å². The van der Waals surface area contributed by atoms with Gasteiger partial charge in [0.25, 0.3) is 5.91 Å². The van der Waals surface area contributed by atoms with Crippen LogP contribution in [0.4, 0.5) is 10.1 Å². The number of ether oxygens (including phenoxy) is 1. The Morgan fingerprint density at radius 3 is 2.52 bits per heavy atom. The molecule has 142 valence electrons. The number of amides is 2. The number of nitrogens with zero attached hydrogens (tertiary/aromatic N) is 1. The van der Waals surface area contributed by atoms with Gasteiger partial charge in [-0.3, -0.25) is 9.59 Å². The summed E-state index contributed by atoms with van der Waals surface area (Å²) < 4.78 is 18.5. The third kappa shape index (κ3) is 5.91. The Morgan fingerprint density at radius 1 is 1.15 bits per heavy atom. The van der Waals surface area contributed by atoms with Crippen molar-refractivity contribution in [3.63, 3.8) is 0 Å². The summed E-state index contributed by atoms with van der Waals surface area (Å²) >= 11 is 0. The zero-order valence-electron chi connectivity index (χ0n) is 15.4. The smallest absolute Gasteiger partial charge is 0.338 e. The Bertz CT molecular complexity index is 853. The summed E-state index contributed by atoms with van der Waals surface area (Å²) in [5.74, 6) is -1.73. The van der Waals surface area contributed by atoms with Gasteiger partial charge in [0.1, 0.15) is 5.82 Å². The van der Waals surface area contributed by atoms with Crippen molar-refractivity contribution in [1.29, 1.82) is 0 Å². The van der Waals surface area contributed by atoms with Crippen LogP contribution in [0.15, 0.2) is 48.5 Å². The lowest BCUT2D eigenvalue weighted by molar-refractivity contribution is -0.139. The molecular weight excluding hydrogens is 351 g/mol. The highest BCUT2D eigenvalue weighted by Crippen LogP contribution is 2.14. The minimum Gasteiger partial charge on any atom is -0.449 e. The maximum atomic E-state index is 13.2. The topological polar surface area (TPSA) is 75.7 Å². The zero-order valence-corrected chi connectivity index (χ0v) is 15.4. The third-order valence-electron chi connectivity index (χ3n) is 3.74. The van der Waals surface area contributed by atoms with Gasteiger partial charge in [0.2, 0.25) is 5.91 Å². The molecule has 6 nitrogen and oxygen atoms in total. The van der Waals surface area contributed by atoms with Crippen LogP contribution in [0.2, 0.25) is 0 Å². The molecule has 0 saturated heterocycles. The molecule has 2 aromatic rings. The Balaban J connectivity index is 1.98. The molecule has 7 heteroatoms. The Labute approximate surface area is 156 Å². The molecule has 0 heterocycles. The molecule has 2 amide bonds. The number of hydrogen-bond acceptors (Lipinski definition) is 4. The molecule has 1 atom stereocenters. The normalized spacial score (nSPS) is 11.4. The van der Waals surface area contributed by atoms with Gasteiger partial charge in [-0.25, -0.2) is 9.18 Å². The van der Waals surface area contributed by atoms with Crippen molar-refractivity contribution in [3.05, 3.63) is 65.5 Å². The monoisotopic (exact) mass is 372 g/mol. The molecule has 0 aromatic heterocycles. The van der Waals surface area contributed by atoms with Crippen molar-refractivity contribution in [3.8, 4) is 0 Å². The molecule has 0 aliphatic carbocycles. The fourth-order valence-electron chi connectivity index (χ4n) is 2.50. The number of benzene rings is 2. The lowest BCUT2D eigenvalue weighted by Crippen LogP contribution is -2.37. The predicted octanol–water partition coefficient (Wildman–Crippen LogP) is 2.99. The molecule has 0 aliphatic heterocycles. The highest BCUT2D eigenvalue weighted by molar-refractivity contribution is 5.95. The first kappa shape index (κ1) is 20.1. The van der Waals surface area contributed by atoms with Gasteiger partial charge >= 0.3 is 5.97 Å². The standard InChI is InChI=1S/C20H21FN2O4/c1-13(19(25)23(3)12-15-6-4-8-17(21)10-15)27-20(26)16-7-5-9-18(11-16)22-14(2)24/h4-11,13H,12H2,1-3H3,(H,22,24)/t13-/m0/s1. The van der Waals surface area contributed by atoms with E-state index in [0.717, 1.165) is 0 Å². The quantitative estimate of drug-likeness (QED) is 0.791. The lowest BCUT2D eigenvalue weighted by Gasteiger charge is -2.21. The van der Waals surface area contributed by atoms with E-state index in [0.29, 0.717) is 11.3 Å². The number of rotatable bonds is 6. The Kier molecular flexibility index (Phi) is 6.65. The maximum Gasteiger partial charge on any atom is 0.338 e. The van der Waals surface area contributed by atoms with E-state index in [1.54, 1.807) is 31.3 Å². The molecule has 0 saturated carbocycles. The largest absolute Gasteiger partial charge is 0.449 e. The van der Waals surface area contributed by atoms with E-state index in [2.05, 4.69) is 5.32 Å². The molecule has 0 spiro atoms. The van der Waals surface area contributed by atoms with Gasteiger partial charge in [-0.1, -0.05) is 18.2 Å². The van der Waals surface area contributed by atoms with Crippen LogP contribution < -0.4 is 5.32 Å². The van der Waals surface area contributed by atoms with Crippen LogP contribution in [0.5, 0.6) is 0 Å². The van der Waals surface area contributed by atoms with Gasteiger partial charge in [-0.05, 0) is 42.8 Å². The third-order valence-corrected chi connectivity index (χ3v) is 3.74. The maximum absolute atomic E-state index is 13.2. The van der Waals surface area contributed by atoms with E-state index in [1.165, 1.54) is 43.0 Å². The number of carbonyl (C=O) groups is 3. The van der Waals surface area contributed by atoms with Gasteiger partial charge in [0, 0.05) is 26.2 Å². The van der Waals surface area contributed by atoms with Crippen LogP contribution >= 0.6 is 0 Å². The van der Waals surface area contributed by atoms with Crippen molar-refractivity contribution in [2.24, 2.45) is 0 Å². The Hall–Kier alpha value is -3.22. The summed E-state index contributed by atoms with van der Waals surface area (Å²) in [5, 5.41) is 2.57. The average molecular weight is 372 g/mol. The Morgan fingerprint density at radius 2 is 1.85 bits per heavy atom. The molecule has 0 fully saturated rings. The molecule has 0 radical (unpaired) electrons. The lowest BCUT2D eigenvalue weighted by atomic mass is 10.2. The highest BCUT2D eigenvalue weighted by Gasteiger charge is 2.22. The van der Waals surface area contributed by atoms with Crippen LogP contribution in [0.3, 0.4) is 0 Å². The van der Waals surface area contributed by atoms with Crippen LogP contribution in [0, 0.1) is 5.82 Å². The van der Waals surface area contributed by atoms with Crippen molar-refractivity contribution in [2.45, 2.75) is 26.5 Å². The SMILES string of the molecule is CC(=O)Nc1cccc(C(=O)O[C@@H](C)C(=O)N(C)Cc2cccc(F)c2)c1. The van der Waals surface area contributed by atoms with Crippen LogP contribution in [0.1, 0.15) is 29.8 Å². The van der Waals surface area contributed by atoms with Gasteiger partial charge in [-0.2, -0.15) is 0 Å². The molecule has 27 heavy (non-hydrogen) atoms. The number of esters is 1. The van der Waals surface area contributed by atoms with Gasteiger partial charge in [-0.15, -0.1) is 0 Å². The summed E-state index contributed by atoms with van der Waals surface area (Å²) in [6, 6.07) is 12.2. The van der Waals surface area contributed by atoms with Gasteiger partial charge in [0.05, 0.1) is 5.56 Å². The van der Waals surface area contributed by atoms with Gasteiger partial charge in [0.15, 0.2) is 6.10 Å². The minimum atomic E-state index is -1.01. The van der Waals surface area contributed by atoms with Gasteiger partial charge < -0.3 is 15.0 Å². The van der Waals surface area contributed by atoms with Crippen molar-refractivity contribution in [2.75, 3.05) is 12.4 Å². The first-order valence-corrected chi connectivity index (χ1v) is 8.34. The molecule has 2 aromatic carbocycles. The summed E-state index contributed by atoms with van der Waals surface area (Å²) in [6.45, 7) is 3.02. The molecule has 0 aliphatic rings. The fourth-order valence-corrected chi connectivity index (χ4v) is 2.50. The summed E-state index contributed by atoms with van der Waals surface area (Å²) in [5.41, 5.74) is 1.31. The van der Waals surface area contributed by atoms with Crippen LogP contribution in [-0.4, -0.2) is 35.8 Å². The second-order valence-corrected chi connectivity index (χ2v) is 6.13. The van der Waals surface area contributed by atoms with E-state index in [-0.39, 0.29) is 23.8 Å². The van der Waals surface area contributed by atoms with E-state index >= 15 is 0 Å². The molecule has 1 N–H and O–H groups in total. The van der Waals surface area contributed by atoms with Crippen LogP contribution in [0.25, 0.3) is 0 Å². The minimum absolute atomic E-state index is 0.191. The number of nitrogens with one attached hydrogen (secondary N) is 1. The van der Waals surface area contributed by atoms with Crippen molar-refractivity contribution < 1.29 is 23.5 Å². The highest BCUT2D eigenvalue weighted by atomic mass is 19.1.